The number of hydrogen-bond donors (Lipinski definition) is 0. The molecule has 1 heterocycles. The fraction of sp³-hybridized carbons (Fsp3) is 0.182. The van der Waals surface area contributed by atoms with Crippen LogP contribution in [-0.2, 0) is 21.4 Å². The average Bonchev–Trinajstić information content (AvgIpc) is 3.23. The lowest BCUT2D eigenvalue weighted by Gasteiger charge is -2.52. The lowest BCUT2D eigenvalue weighted by molar-refractivity contribution is -0.122. The monoisotopic (exact) mass is 516 g/mol. The molecule has 0 aromatic heterocycles. The van der Waals surface area contributed by atoms with Crippen LogP contribution in [0.2, 0.25) is 5.02 Å². The molecule has 1 fully saturated rings. The van der Waals surface area contributed by atoms with Crippen molar-refractivity contribution in [1.82, 2.24) is 0 Å². The van der Waals surface area contributed by atoms with Crippen molar-refractivity contribution >= 4 is 41.0 Å². The molecule has 0 saturated carbocycles. The third kappa shape index (κ3) is 3.01. The van der Waals surface area contributed by atoms with Gasteiger partial charge in [-0.05, 0) is 58.5 Å². The number of halogens is 1. The molecular formula is C33H25ClN2O2. The number of anilines is 1. The van der Waals surface area contributed by atoms with Crippen LogP contribution in [0.1, 0.15) is 40.7 Å². The molecule has 4 aliphatic rings. The second-order valence-electron chi connectivity index (χ2n) is 10.3. The van der Waals surface area contributed by atoms with E-state index < -0.39 is 17.3 Å². The van der Waals surface area contributed by atoms with Crippen molar-refractivity contribution in [1.29, 1.82) is 0 Å². The molecule has 1 aliphatic heterocycles. The van der Waals surface area contributed by atoms with Gasteiger partial charge in [0.25, 0.3) is 0 Å². The number of nitrogens with zero attached hydrogens (tertiary/aromatic N) is 2. The Hall–Kier alpha value is -4.02. The molecule has 3 aliphatic carbocycles. The first kappa shape index (κ1) is 23.1. The summed E-state index contributed by atoms with van der Waals surface area (Å²) in [4.78, 5) is 34.9. The number of carbonyl (C=O) groups is 2. The molecule has 2 atom stereocenters. The molecule has 4 nitrogen and oxygen atoms in total. The van der Waals surface area contributed by atoms with Crippen molar-refractivity contribution in [2.75, 3.05) is 4.90 Å². The number of amides is 2. The smallest absolute Gasteiger partial charge is 0.239 e. The number of para-hydroxylation sites is 1. The number of imide groups is 1. The van der Waals surface area contributed by atoms with Crippen LogP contribution in [0.3, 0.4) is 0 Å². The average molecular weight is 517 g/mol. The van der Waals surface area contributed by atoms with E-state index in [9.17, 15) is 9.59 Å². The summed E-state index contributed by atoms with van der Waals surface area (Å²) in [6.45, 7) is 2.12. The fourth-order valence-electron chi connectivity index (χ4n) is 6.91. The van der Waals surface area contributed by atoms with E-state index in [1.165, 1.54) is 10.5 Å². The Morgan fingerprint density at radius 2 is 1.42 bits per heavy atom. The van der Waals surface area contributed by atoms with Gasteiger partial charge in [-0.1, -0.05) is 91.3 Å². The van der Waals surface area contributed by atoms with Crippen LogP contribution in [0.4, 0.5) is 11.4 Å². The molecule has 0 N–H and O–H groups in total. The fourth-order valence-corrected chi connectivity index (χ4v) is 7.13. The molecule has 1 saturated heterocycles. The van der Waals surface area contributed by atoms with Gasteiger partial charge in [0.1, 0.15) is 0 Å². The van der Waals surface area contributed by atoms with Crippen molar-refractivity contribution in [3.05, 3.63) is 130 Å². The highest BCUT2D eigenvalue weighted by atomic mass is 35.5. The van der Waals surface area contributed by atoms with Crippen LogP contribution in [0, 0.1) is 11.8 Å². The first-order valence-corrected chi connectivity index (χ1v) is 13.4. The van der Waals surface area contributed by atoms with Crippen LogP contribution < -0.4 is 4.90 Å². The largest absolute Gasteiger partial charge is 0.274 e. The van der Waals surface area contributed by atoms with Gasteiger partial charge in [-0.2, -0.15) is 0 Å². The summed E-state index contributed by atoms with van der Waals surface area (Å²) in [7, 11) is 0. The first-order valence-electron chi connectivity index (χ1n) is 13.0. The van der Waals surface area contributed by atoms with Crippen molar-refractivity contribution in [3.63, 3.8) is 0 Å². The van der Waals surface area contributed by atoms with Crippen LogP contribution in [0.25, 0.3) is 0 Å². The lowest BCUT2D eigenvalue weighted by Crippen LogP contribution is -2.54. The number of carbonyl (C=O) groups excluding carboxylic acids is 2. The van der Waals surface area contributed by atoms with Gasteiger partial charge in [0.2, 0.25) is 11.8 Å². The minimum atomic E-state index is -0.890. The van der Waals surface area contributed by atoms with E-state index in [1.54, 1.807) is 24.3 Å². The number of benzene rings is 4. The maximum absolute atomic E-state index is 14.4. The topological polar surface area (TPSA) is 49.7 Å². The van der Waals surface area contributed by atoms with Gasteiger partial charge < -0.3 is 0 Å². The van der Waals surface area contributed by atoms with E-state index in [4.69, 9.17) is 16.6 Å². The molecule has 0 spiro atoms. The van der Waals surface area contributed by atoms with E-state index in [-0.39, 0.29) is 17.7 Å². The van der Waals surface area contributed by atoms with Gasteiger partial charge in [0, 0.05) is 12.1 Å². The number of aliphatic imine (C=N–C) groups is 1. The zero-order chi connectivity index (χ0) is 26.0. The molecule has 186 valence electrons. The number of hydrogen-bond acceptors (Lipinski definition) is 3. The number of aryl methyl sites for hydroxylation is 1. The summed E-state index contributed by atoms with van der Waals surface area (Å²) in [6, 6.07) is 31.7. The summed E-state index contributed by atoms with van der Waals surface area (Å²) in [5.74, 6) is -1.81. The SMILES string of the molecule is CCc1ccc(N=CC23c4ccccc4C(c4ccccc42)[C@@H]2C(=O)N(c4ccccc4Cl)C(=O)[C@@H]23)cc1. The summed E-state index contributed by atoms with van der Waals surface area (Å²) in [6.07, 6.45) is 2.88. The van der Waals surface area contributed by atoms with Crippen LogP contribution in [0.15, 0.2) is 102 Å². The second-order valence-corrected chi connectivity index (χ2v) is 10.7. The van der Waals surface area contributed by atoms with E-state index in [0.717, 1.165) is 34.4 Å². The Kier molecular flexibility index (Phi) is 5.17. The van der Waals surface area contributed by atoms with E-state index in [0.29, 0.717) is 10.7 Å². The molecule has 8 rings (SSSR count). The molecule has 38 heavy (non-hydrogen) atoms. The Morgan fingerprint density at radius 3 is 2.05 bits per heavy atom. The van der Waals surface area contributed by atoms with Gasteiger partial charge in [-0.3, -0.25) is 14.6 Å². The summed E-state index contributed by atoms with van der Waals surface area (Å²) in [5.41, 5.74) is 5.86. The normalized spacial score (nSPS) is 25.0. The zero-order valence-electron chi connectivity index (χ0n) is 20.8. The van der Waals surface area contributed by atoms with Crippen LogP contribution in [0.5, 0.6) is 0 Å². The Bertz CT molecular complexity index is 1590. The molecule has 0 radical (unpaired) electrons. The standard InChI is InChI=1S/C33H25ClN2O2/c1-2-20-15-17-21(18-16-20)35-19-33-24-11-5-3-9-22(24)28(23-10-4-6-12-25(23)33)29-30(33)32(38)36(31(29)37)27-14-8-7-13-26(27)34/h3-19,28-30H,2H2,1H3/t28?,29-,30+,33?/m0/s1. The van der Waals surface area contributed by atoms with E-state index in [2.05, 4.69) is 43.3 Å². The van der Waals surface area contributed by atoms with Crippen molar-refractivity contribution in [2.24, 2.45) is 16.8 Å². The van der Waals surface area contributed by atoms with Gasteiger partial charge in [-0.25, -0.2) is 4.90 Å². The van der Waals surface area contributed by atoms with Crippen LogP contribution >= 0.6 is 11.6 Å². The van der Waals surface area contributed by atoms with Gasteiger partial charge in [0.05, 0.1) is 33.6 Å². The molecule has 2 amide bonds. The Balaban J connectivity index is 1.49. The zero-order valence-corrected chi connectivity index (χ0v) is 21.6. The van der Waals surface area contributed by atoms with Gasteiger partial charge >= 0.3 is 0 Å². The summed E-state index contributed by atoms with van der Waals surface area (Å²) in [5, 5.41) is 0.383. The third-order valence-electron chi connectivity index (χ3n) is 8.54. The molecule has 5 heteroatoms. The van der Waals surface area contributed by atoms with Gasteiger partial charge in [0.15, 0.2) is 0 Å². The maximum Gasteiger partial charge on any atom is 0.239 e. The lowest BCUT2D eigenvalue weighted by atomic mass is 9.47. The summed E-state index contributed by atoms with van der Waals surface area (Å²) >= 11 is 6.53. The Morgan fingerprint density at radius 1 is 0.816 bits per heavy atom. The highest BCUT2D eigenvalue weighted by molar-refractivity contribution is 6.36. The van der Waals surface area contributed by atoms with Gasteiger partial charge in [-0.15, -0.1) is 0 Å². The predicted octanol–water partition coefficient (Wildman–Crippen LogP) is 6.86. The third-order valence-corrected chi connectivity index (χ3v) is 8.86. The molecular weight excluding hydrogens is 492 g/mol. The Labute approximate surface area is 226 Å². The molecule has 2 bridgehead atoms. The first-order chi connectivity index (χ1) is 18.6. The second kappa shape index (κ2) is 8.50. The number of rotatable bonds is 4. The summed E-state index contributed by atoms with van der Waals surface area (Å²) < 4.78 is 0. The molecule has 4 aromatic carbocycles. The van der Waals surface area contributed by atoms with Crippen molar-refractivity contribution in [3.8, 4) is 0 Å². The van der Waals surface area contributed by atoms with Crippen molar-refractivity contribution < 1.29 is 9.59 Å². The van der Waals surface area contributed by atoms with E-state index in [1.807, 2.05) is 42.6 Å². The quantitative estimate of drug-likeness (QED) is 0.220. The highest BCUT2D eigenvalue weighted by Gasteiger charge is 2.68. The van der Waals surface area contributed by atoms with E-state index >= 15 is 0 Å². The maximum atomic E-state index is 14.4. The minimum Gasteiger partial charge on any atom is -0.274 e. The highest BCUT2D eigenvalue weighted by Crippen LogP contribution is 2.64. The minimum absolute atomic E-state index is 0.202. The molecule has 0 unspecified atom stereocenters. The predicted molar refractivity (Wildman–Crippen MR) is 150 cm³/mol. The van der Waals surface area contributed by atoms with Crippen LogP contribution in [-0.4, -0.2) is 18.0 Å². The molecule has 4 aromatic rings. The van der Waals surface area contributed by atoms with Crippen molar-refractivity contribution in [2.45, 2.75) is 24.7 Å².